The number of esters is 1. The molecule has 0 aliphatic rings. The smallest absolute Gasteiger partial charge is 0.338 e. The summed E-state index contributed by atoms with van der Waals surface area (Å²) in [4.78, 5) is 35.4. The van der Waals surface area contributed by atoms with E-state index in [9.17, 15) is 14.4 Å². The SMILES string of the molecule is COCCNC(=O)NC(=O)COC(=O)c1ccc(OCc2ccccc2Cl)c(OC)c1. The summed E-state index contributed by atoms with van der Waals surface area (Å²) in [6, 6.07) is 11.0. The van der Waals surface area contributed by atoms with Crippen LogP contribution < -0.4 is 20.1 Å². The summed E-state index contributed by atoms with van der Waals surface area (Å²) in [6.45, 7) is 0.132. The van der Waals surface area contributed by atoms with Gasteiger partial charge in [-0.05, 0) is 24.3 Å². The molecule has 0 aromatic heterocycles. The minimum absolute atomic E-state index is 0.152. The van der Waals surface area contributed by atoms with E-state index in [1.54, 1.807) is 12.1 Å². The van der Waals surface area contributed by atoms with Crippen molar-refractivity contribution in [3.8, 4) is 11.5 Å². The molecular formula is C21H23ClN2O7. The van der Waals surface area contributed by atoms with Crippen LogP contribution in [0.1, 0.15) is 15.9 Å². The third-order valence-corrected chi connectivity index (χ3v) is 4.29. The highest BCUT2D eigenvalue weighted by molar-refractivity contribution is 6.31. The largest absolute Gasteiger partial charge is 0.493 e. The average molecular weight is 451 g/mol. The van der Waals surface area contributed by atoms with E-state index in [2.05, 4.69) is 5.32 Å². The maximum atomic E-state index is 12.2. The fourth-order valence-electron chi connectivity index (χ4n) is 2.37. The first-order valence-corrected chi connectivity index (χ1v) is 9.60. The highest BCUT2D eigenvalue weighted by Gasteiger charge is 2.15. The van der Waals surface area contributed by atoms with Crippen LogP contribution in [-0.2, 0) is 20.9 Å². The number of amides is 3. The number of carbonyl (C=O) groups excluding carboxylic acids is 3. The van der Waals surface area contributed by atoms with Gasteiger partial charge < -0.3 is 24.3 Å². The first-order valence-electron chi connectivity index (χ1n) is 9.22. The van der Waals surface area contributed by atoms with Gasteiger partial charge in [0.15, 0.2) is 18.1 Å². The van der Waals surface area contributed by atoms with Crippen LogP contribution in [-0.4, -0.2) is 51.9 Å². The Balaban J connectivity index is 1.89. The number of hydrogen-bond acceptors (Lipinski definition) is 7. The van der Waals surface area contributed by atoms with Gasteiger partial charge in [0, 0.05) is 24.2 Å². The lowest BCUT2D eigenvalue weighted by molar-refractivity contribution is -0.123. The number of urea groups is 1. The summed E-state index contributed by atoms with van der Waals surface area (Å²) in [6.07, 6.45) is 0. The Hall–Kier alpha value is -3.30. The van der Waals surface area contributed by atoms with Gasteiger partial charge in [-0.25, -0.2) is 9.59 Å². The third kappa shape index (κ3) is 7.80. The van der Waals surface area contributed by atoms with E-state index in [-0.39, 0.29) is 18.7 Å². The molecule has 166 valence electrons. The molecule has 0 heterocycles. The maximum absolute atomic E-state index is 12.2. The molecule has 2 rings (SSSR count). The van der Waals surface area contributed by atoms with Crippen LogP contribution in [0.5, 0.6) is 11.5 Å². The van der Waals surface area contributed by atoms with Gasteiger partial charge in [0.1, 0.15) is 6.61 Å². The van der Waals surface area contributed by atoms with Crippen LogP contribution >= 0.6 is 11.6 Å². The number of ether oxygens (including phenoxy) is 4. The molecule has 0 saturated heterocycles. The van der Waals surface area contributed by atoms with Gasteiger partial charge in [-0.3, -0.25) is 10.1 Å². The minimum atomic E-state index is -0.769. The van der Waals surface area contributed by atoms with Crippen molar-refractivity contribution in [2.24, 2.45) is 0 Å². The van der Waals surface area contributed by atoms with Gasteiger partial charge in [0.05, 0.1) is 19.3 Å². The molecule has 3 amide bonds. The maximum Gasteiger partial charge on any atom is 0.338 e. The second-order valence-electron chi connectivity index (χ2n) is 6.12. The molecule has 31 heavy (non-hydrogen) atoms. The van der Waals surface area contributed by atoms with Crippen LogP contribution in [0.4, 0.5) is 4.79 Å². The summed E-state index contributed by atoms with van der Waals surface area (Å²) in [5.41, 5.74) is 0.950. The first-order chi connectivity index (χ1) is 14.9. The zero-order valence-electron chi connectivity index (χ0n) is 17.1. The lowest BCUT2D eigenvalue weighted by atomic mass is 10.2. The number of imide groups is 1. The van der Waals surface area contributed by atoms with Crippen molar-refractivity contribution >= 4 is 29.5 Å². The fourth-order valence-corrected chi connectivity index (χ4v) is 2.56. The number of hydrogen-bond donors (Lipinski definition) is 2. The van der Waals surface area contributed by atoms with E-state index >= 15 is 0 Å². The van der Waals surface area contributed by atoms with Gasteiger partial charge in [-0.15, -0.1) is 0 Å². The van der Waals surface area contributed by atoms with Crippen LogP contribution in [0.2, 0.25) is 5.02 Å². The number of benzene rings is 2. The highest BCUT2D eigenvalue weighted by atomic mass is 35.5. The Morgan fingerprint density at radius 3 is 2.52 bits per heavy atom. The van der Waals surface area contributed by atoms with Crippen molar-refractivity contribution in [3.05, 3.63) is 58.6 Å². The second-order valence-corrected chi connectivity index (χ2v) is 6.53. The van der Waals surface area contributed by atoms with Crippen molar-refractivity contribution in [1.82, 2.24) is 10.6 Å². The molecule has 0 radical (unpaired) electrons. The predicted molar refractivity (Wildman–Crippen MR) is 112 cm³/mol. The third-order valence-electron chi connectivity index (χ3n) is 3.92. The fraction of sp³-hybridized carbons (Fsp3) is 0.286. The van der Waals surface area contributed by atoms with Crippen LogP contribution in [0.15, 0.2) is 42.5 Å². The normalized spacial score (nSPS) is 10.2. The Bertz CT molecular complexity index is 920. The Kier molecular flexibility index (Phi) is 9.60. The molecule has 0 atom stereocenters. The van der Waals surface area contributed by atoms with Gasteiger partial charge in [-0.2, -0.15) is 0 Å². The molecule has 0 saturated carbocycles. The highest BCUT2D eigenvalue weighted by Crippen LogP contribution is 2.29. The van der Waals surface area contributed by atoms with Crippen molar-refractivity contribution in [1.29, 1.82) is 0 Å². The van der Waals surface area contributed by atoms with E-state index in [0.29, 0.717) is 23.1 Å². The van der Waals surface area contributed by atoms with Crippen molar-refractivity contribution in [3.63, 3.8) is 0 Å². The lowest BCUT2D eigenvalue weighted by Gasteiger charge is -2.13. The van der Waals surface area contributed by atoms with Gasteiger partial charge in [0.2, 0.25) is 0 Å². The molecule has 0 fully saturated rings. The summed E-state index contributed by atoms with van der Waals surface area (Å²) in [7, 11) is 2.92. The van der Waals surface area contributed by atoms with Gasteiger partial charge >= 0.3 is 12.0 Å². The van der Waals surface area contributed by atoms with Crippen molar-refractivity contribution in [2.75, 3.05) is 34.0 Å². The molecule has 0 spiro atoms. The number of halogens is 1. The molecule has 0 bridgehead atoms. The van der Waals surface area contributed by atoms with Crippen LogP contribution in [0.3, 0.4) is 0 Å². The topological polar surface area (TPSA) is 112 Å². The quantitative estimate of drug-likeness (QED) is 0.422. The standard InChI is InChI=1S/C21H23ClN2O7/c1-28-10-9-23-21(27)24-19(25)13-31-20(26)14-7-8-17(18(11-14)29-2)30-12-15-5-3-4-6-16(15)22/h3-8,11H,9-10,12-13H2,1-2H3,(H2,23,24,25,27). The molecule has 0 unspecified atom stereocenters. The average Bonchev–Trinajstić information content (AvgIpc) is 2.77. The van der Waals surface area contributed by atoms with E-state index in [4.69, 9.17) is 30.5 Å². The summed E-state index contributed by atoms with van der Waals surface area (Å²) in [5, 5.41) is 5.02. The Labute approximate surface area is 184 Å². The molecule has 2 N–H and O–H groups in total. The van der Waals surface area contributed by atoms with Crippen LogP contribution in [0, 0.1) is 0 Å². The molecule has 0 aliphatic carbocycles. The Morgan fingerprint density at radius 1 is 1.03 bits per heavy atom. The van der Waals surface area contributed by atoms with Crippen LogP contribution in [0.25, 0.3) is 0 Å². The number of methoxy groups -OCH3 is 2. The molecular weight excluding hydrogens is 428 g/mol. The van der Waals surface area contributed by atoms with E-state index in [1.807, 2.05) is 23.5 Å². The van der Waals surface area contributed by atoms with E-state index in [0.717, 1.165) is 5.56 Å². The summed E-state index contributed by atoms with van der Waals surface area (Å²) < 4.78 is 20.7. The second kappa shape index (κ2) is 12.4. The number of rotatable bonds is 10. The summed E-state index contributed by atoms with van der Waals surface area (Å²) in [5.74, 6) is -0.811. The zero-order chi connectivity index (χ0) is 22.6. The lowest BCUT2D eigenvalue weighted by Crippen LogP contribution is -2.42. The predicted octanol–water partition coefficient (Wildman–Crippen LogP) is 2.56. The van der Waals surface area contributed by atoms with E-state index in [1.165, 1.54) is 26.4 Å². The van der Waals surface area contributed by atoms with Gasteiger partial charge in [0.25, 0.3) is 5.91 Å². The number of carbonyl (C=O) groups is 3. The monoisotopic (exact) mass is 450 g/mol. The molecule has 10 heteroatoms. The van der Waals surface area contributed by atoms with Gasteiger partial charge in [-0.1, -0.05) is 29.8 Å². The molecule has 2 aromatic carbocycles. The molecule has 2 aromatic rings. The van der Waals surface area contributed by atoms with Crippen molar-refractivity contribution in [2.45, 2.75) is 6.61 Å². The zero-order valence-corrected chi connectivity index (χ0v) is 17.9. The summed E-state index contributed by atoms with van der Waals surface area (Å²) >= 11 is 6.12. The molecule has 9 nitrogen and oxygen atoms in total. The van der Waals surface area contributed by atoms with Crippen molar-refractivity contribution < 1.29 is 33.3 Å². The van der Waals surface area contributed by atoms with E-state index < -0.39 is 24.5 Å². The number of nitrogens with one attached hydrogen (secondary N) is 2. The Morgan fingerprint density at radius 2 is 1.81 bits per heavy atom. The molecule has 0 aliphatic heterocycles. The minimum Gasteiger partial charge on any atom is -0.493 e. The first kappa shape index (κ1) is 24.0.